The largest absolute Gasteiger partial charge is 0.472 e. The van der Waals surface area contributed by atoms with E-state index in [9.17, 15) is 4.79 Å². The van der Waals surface area contributed by atoms with Crippen LogP contribution in [0.2, 0.25) is 0 Å². The zero-order valence-corrected chi connectivity index (χ0v) is 8.41. The molecule has 72 valence electrons. The molecule has 0 aliphatic rings. The van der Waals surface area contributed by atoms with E-state index >= 15 is 0 Å². The molecule has 0 spiro atoms. The lowest BCUT2D eigenvalue weighted by Crippen LogP contribution is -2.31. The van der Waals surface area contributed by atoms with Crippen molar-refractivity contribution in [3.05, 3.63) is 24.2 Å². The Kier molecular flexibility index (Phi) is 3.37. The first kappa shape index (κ1) is 10.1. The van der Waals surface area contributed by atoms with Crippen molar-refractivity contribution in [1.29, 1.82) is 0 Å². The fourth-order valence-electron chi connectivity index (χ4n) is 1.07. The van der Waals surface area contributed by atoms with Gasteiger partial charge in [-0.1, -0.05) is 0 Å². The average Bonchev–Trinajstić information content (AvgIpc) is 2.53. The number of nitrogens with zero attached hydrogens (tertiary/aromatic N) is 1. The number of carbonyl (C=O) groups is 1. The summed E-state index contributed by atoms with van der Waals surface area (Å²) >= 11 is 5.76. The number of hydrogen-bond donors (Lipinski definition) is 0. The minimum atomic E-state index is -0.0683. The first-order valence-corrected chi connectivity index (χ1v) is 4.46. The van der Waals surface area contributed by atoms with Crippen LogP contribution in [-0.2, 0) is 0 Å². The van der Waals surface area contributed by atoms with Crippen LogP contribution in [0.3, 0.4) is 0 Å². The third kappa shape index (κ3) is 2.77. The molecule has 1 atom stereocenters. The van der Waals surface area contributed by atoms with Crippen molar-refractivity contribution >= 4 is 17.5 Å². The second kappa shape index (κ2) is 4.33. The van der Waals surface area contributed by atoms with E-state index in [0.29, 0.717) is 12.1 Å². The Morgan fingerprint density at radius 3 is 2.92 bits per heavy atom. The maximum absolute atomic E-state index is 11.5. The van der Waals surface area contributed by atoms with Crippen LogP contribution in [0.1, 0.15) is 17.3 Å². The Balaban J connectivity index is 2.58. The summed E-state index contributed by atoms with van der Waals surface area (Å²) in [6.45, 7) is 2.38. The van der Waals surface area contributed by atoms with Gasteiger partial charge in [-0.2, -0.15) is 0 Å². The fourth-order valence-corrected chi connectivity index (χ4v) is 1.27. The number of hydrogen-bond acceptors (Lipinski definition) is 2. The normalized spacial score (nSPS) is 12.5. The van der Waals surface area contributed by atoms with Gasteiger partial charge in [-0.25, -0.2) is 0 Å². The molecule has 0 radical (unpaired) electrons. The van der Waals surface area contributed by atoms with E-state index in [4.69, 9.17) is 16.0 Å². The first-order valence-electron chi connectivity index (χ1n) is 4.03. The van der Waals surface area contributed by atoms with Crippen molar-refractivity contribution in [1.82, 2.24) is 4.90 Å². The second-order valence-electron chi connectivity index (χ2n) is 2.98. The SMILES string of the molecule is CC(Cl)CN(C)C(=O)c1ccoc1. The Morgan fingerprint density at radius 1 is 1.77 bits per heavy atom. The minimum Gasteiger partial charge on any atom is -0.472 e. The van der Waals surface area contributed by atoms with Gasteiger partial charge in [0.15, 0.2) is 0 Å². The molecule has 13 heavy (non-hydrogen) atoms. The van der Waals surface area contributed by atoms with E-state index in [2.05, 4.69) is 0 Å². The summed E-state index contributed by atoms with van der Waals surface area (Å²) in [5, 5.41) is -0.0409. The molecular formula is C9H12ClNO2. The van der Waals surface area contributed by atoms with E-state index in [1.807, 2.05) is 6.92 Å². The number of amides is 1. The van der Waals surface area contributed by atoms with E-state index in [0.717, 1.165) is 0 Å². The lowest BCUT2D eigenvalue weighted by Gasteiger charge is -2.17. The van der Waals surface area contributed by atoms with Crippen molar-refractivity contribution in [2.45, 2.75) is 12.3 Å². The molecule has 0 saturated heterocycles. The van der Waals surface area contributed by atoms with Crippen molar-refractivity contribution < 1.29 is 9.21 Å². The standard InChI is InChI=1S/C9H12ClNO2/c1-7(10)5-11(2)9(12)8-3-4-13-6-8/h3-4,6-7H,5H2,1-2H3. The van der Waals surface area contributed by atoms with Crippen molar-refractivity contribution in [2.75, 3.05) is 13.6 Å². The number of rotatable bonds is 3. The van der Waals surface area contributed by atoms with Crippen LogP contribution in [0, 0.1) is 0 Å². The Morgan fingerprint density at radius 2 is 2.46 bits per heavy atom. The summed E-state index contributed by atoms with van der Waals surface area (Å²) in [7, 11) is 1.72. The Bertz CT molecular complexity index is 269. The second-order valence-corrected chi connectivity index (χ2v) is 3.72. The molecule has 3 nitrogen and oxygen atoms in total. The molecule has 1 aromatic rings. The molecule has 4 heteroatoms. The quantitative estimate of drug-likeness (QED) is 0.701. The summed E-state index contributed by atoms with van der Waals surface area (Å²) in [5.74, 6) is -0.0683. The summed E-state index contributed by atoms with van der Waals surface area (Å²) < 4.78 is 4.81. The smallest absolute Gasteiger partial charge is 0.256 e. The van der Waals surface area contributed by atoms with Gasteiger partial charge >= 0.3 is 0 Å². The molecule has 0 saturated carbocycles. The maximum atomic E-state index is 11.5. The molecule has 1 amide bonds. The summed E-state index contributed by atoms with van der Waals surface area (Å²) in [6.07, 6.45) is 2.91. The predicted octanol–water partition coefficient (Wildman–Crippen LogP) is 1.98. The van der Waals surface area contributed by atoms with Gasteiger partial charge in [0.1, 0.15) is 6.26 Å². The first-order chi connectivity index (χ1) is 6.11. The molecule has 0 aliphatic heterocycles. The van der Waals surface area contributed by atoms with Gasteiger partial charge in [0.2, 0.25) is 0 Å². The molecule has 1 aromatic heterocycles. The number of alkyl halides is 1. The number of carbonyl (C=O) groups excluding carboxylic acids is 1. The topological polar surface area (TPSA) is 33.5 Å². The van der Waals surface area contributed by atoms with Gasteiger partial charge in [0.25, 0.3) is 5.91 Å². The average molecular weight is 202 g/mol. The number of furan rings is 1. The maximum Gasteiger partial charge on any atom is 0.256 e. The Labute approximate surface area is 82.3 Å². The zero-order valence-electron chi connectivity index (χ0n) is 7.66. The Hall–Kier alpha value is -0.960. The highest BCUT2D eigenvalue weighted by molar-refractivity contribution is 6.20. The number of halogens is 1. The van der Waals surface area contributed by atoms with Crippen LogP contribution >= 0.6 is 11.6 Å². The van der Waals surface area contributed by atoms with Gasteiger partial charge in [0.05, 0.1) is 11.8 Å². The van der Waals surface area contributed by atoms with E-state index in [1.165, 1.54) is 12.5 Å². The highest BCUT2D eigenvalue weighted by atomic mass is 35.5. The zero-order chi connectivity index (χ0) is 9.84. The highest BCUT2D eigenvalue weighted by Crippen LogP contribution is 2.05. The van der Waals surface area contributed by atoms with Crippen LogP contribution in [0.15, 0.2) is 23.0 Å². The van der Waals surface area contributed by atoms with Gasteiger partial charge in [-0.05, 0) is 13.0 Å². The van der Waals surface area contributed by atoms with E-state index in [1.54, 1.807) is 18.0 Å². The summed E-state index contributed by atoms with van der Waals surface area (Å²) in [5.41, 5.74) is 0.555. The molecule has 1 rings (SSSR count). The molecule has 0 N–H and O–H groups in total. The molecule has 0 fully saturated rings. The van der Waals surface area contributed by atoms with Gasteiger partial charge in [-0.3, -0.25) is 4.79 Å². The van der Waals surface area contributed by atoms with Crippen LogP contribution < -0.4 is 0 Å². The molecule has 0 aliphatic carbocycles. The molecule has 1 unspecified atom stereocenters. The molecular weight excluding hydrogens is 190 g/mol. The fraction of sp³-hybridized carbons (Fsp3) is 0.444. The van der Waals surface area contributed by atoms with Gasteiger partial charge in [-0.15, -0.1) is 11.6 Å². The van der Waals surface area contributed by atoms with Crippen molar-refractivity contribution in [2.24, 2.45) is 0 Å². The summed E-state index contributed by atoms with van der Waals surface area (Å²) in [4.78, 5) is 13.1. The van der Waals surface area contributed by atoms with E-state index in [-0.39, 0.29) is 11.3 Å². The van der Waals surface area contributed by atoms with Crippen LogP contribution in [0.4, 0.5) is 0 Å². The van der Waals surface area contributed by atoms with Crippen LogP contribution in [-0.4, -0.2) is 29.8 Å². The lowest BCUT2D eigenvalue weighted by atomic mass is 10.3. The van der Waals surface area contributed by atoms with Gasteiger partial charge in [0, 0.05) is 19.0 Å². The predicted molar refractivity (Wildman–Crippen MR) is 51.0 cm³/mol. The highest BCUT2D eigenvalue weighted by Gasteiger charge is 2.13. The van der Waals surface area contributed by atoms with Crippen LogP contribution in [0.5, 0.6) is 0 Å². The monoisotopic (exact) mass is 201 g/mol. The van der Waals surface area contributed by atoms with Gasteiger partial charge < -0.3 is 9.32 Å². The molecule has 1 heterocycles. The molecule has 0 bridgehead atoms. The van der Waals surface area contributed by atoms with Crippen molar-refractivity contribution in [3.63, 3.8) is 0 Å². The summed E-state index contributed by atoms with van der Waals surface area (Å²) in [6, 6.07) is 1.64. The van der Waals surface area contributed by atoms with Crippen LogP contribution in [0.25, 0.3) is 0 Å². The molecule has 0 aromatic carbocycles. The van der Waals surface area contributed by atoms with Crippen molar-refractivity contribution in [3.8, 4) is 0 Å². The minimum absolute atomic E-state index is 0.0409. The lowest BCUT2D eigenvalue weighted by molar-refractivity contribution is 0.0795. The third-order valence-corrected chi connectivity index (χ3v) is 1.78. The van der Waals surface area contributed by atoms with E-state index < -0.39 is 0 Å². The third-order valence-electron chi connectivity index (χ3n) is 1.64.